The van der Waals surface area contributed by atoms with Gasteiger partial charge in [-0.3, -0.25) is 4.79 Å². The van der Waals surface area contributed by atoms with E-state index >= 15 is 0 Å². The normalized spacial score (nSPS) is 23.1. The van der Waals surface area contributed by atoms with E-state index in [1.807, 2.05) is 0 Å². The summed E-state index contributed by atoms with van der Waals surface area (Å²) < 4.78 is 58.7. The minimum Gasteiger partial charge on any atom is -0.470 e. The third-order valence-electron chi connectivity index (χ3n) is 5.79. The fraction of sp³-hybridized carbons (Fsp3) is 0.318. The Balaban J connectivity index is 1.34. The topological polar surface area (TPSA) is 126 Å². The molecule has 0 saturated heterocycles. The number of ketones is 1. The molecule has 9 nitrogen and oxygen atoms in total. The molecule has 0 unspecified atom stereocenters. The smallest absolute Gasteiger partial charge is 0.283 e. The minimum absolute atomic E-state index is 0.0406. The number of hydrogen-bond acceptors (Lipinski definition) is 9. The Bertz CT molecular complexity index is 1240. The number of carbonyl (C=O) groups is 1. The molecule has 1 aliphatic heterocycles. The number of rotatable bonds is 8. The third kappa shape index (κ3) is 3.95. The van der Waals surface area contributed by atoms with E-state index in [0.717, 1.165) is 6.07 Å². The van der Waals surface area contributed by atoms with Gasteiger partial charge in [0.15, 0.2) is 17.7 Å². The number of halogens is 3. The molecule has 2 aromatic heterocycles. The number of oxazole rings is 1. The van der Waals surface area contributed by atoms with Crippen molar-refractivity contribution in [2.75, 3.05) is 0 Å². The van der Waals surface area contributed by atoms with Gasteiger partial charge in [-0.1, -0.05) is 6.07 Å². The van der Waals surface area contributed by atoms with Crippen LogP contribution in [0.1, 0.15) is 33.7 Å². The van der Waals surface area contributed by atoms with Crippen molar-refractivity contribution in [1.29, 1.82) is 0 Å². The van der Waals surface area contributed by atoms with Crippen LogP contribution < -0.4 is 10.5 Å². The van der Waals surface area contributed by atoms with E-state index in [2.05, 4.69) is 19.9 Å². The summed E-state index contributed by atoms with van der Waals surface area (Å²) in [6.45, 7) is 0.114. The molecule has 3 heterocycles. The number of aliphatic imine (C=N–C) groups is 1. The molecule has 0 spiro atoms. The van der Waals surface area contributed by atoms with E-state index in [9.17, 15) is 18.0 Å². The van der Waals surface area contributed by atoms with Crippen LogP contribution in [0.2, 0.25) is 0 Å². The van der Waals surface area contributed by atoms with E-state index in [1.165, 1.54) is 37.2 Å². The molecule has 0 bridgehead atoms. The van der Waals surface area contributed by atoms with Gasteiger partial charge in [-0.25, -0.2) is 33.1 Å². The fourth-order valence-corrected chi connectivity index (χ4v) is 4.06. The van der Waals surface area contributed by atoms with Crippen LogP contribution in [0.15, 0.2) is 52.7 Å². The Labute approximate surface area is 190 Å². The fourth-order valence-electron chi connectivity index (χ4n) is 4.06. The molecule has 2 N–H and O–H groups in total. The molecular weight excluding hydrogens is 455 g/mol. The second-order valence-corrected chi connectivity index (χ2v) is 8.00. The van der Waals surface area contributed by atoms with Gasteiger partial charge in [0.05, 0.1) is 12.4 Å². The van der Waals surface area contributed by atoms with Gasteiger partial charge in [0.25, 0.3) is 12.4 Å². The molecule has 5 rings (SSSR count). The average molecular weight is 473 g/mol. The van der Waals surface area contributed by atoms with E-state index in [-0.39, 0.29) is 36.6 Å². The summed E-state index contributed by atoms with van der Waals surface area (Å²) in [5.41, 5.74) is 4.05. The number of carbonyl (C=O) groups excluding carboxylic acids is 1. The highest BCUT2D eigenvalue weighted by molar-refractivity contribution is 5.95. The monoisotopic (exact) mass is 473 g/mol. The number of nitrogens with two attached hydrogens (primary N) is 1. The predicted octanol–water partition coefficient (Wildman–Crippen LogP) is 2.80. The number of aromatic nitrogens is 3. The highest BCUT2D eigenvalue weighted by Gasteiger charge is 2.64. The molecule has 2 aliphatic rings. The summed E-state index contributed by atoms with van der Waals surface area (Å²) in [5.74, 6) is -1.81. The summed E-state index contributed by atoms with van der Waals surface area (Å²) >= 11 is 0. The van der Waals surface area contributed by atoms with Gasteiger partial charge in [0.2, 0.25) is 5.88 Å². The zero-order chi connectivity index (χ0) is 23.9. The van der Waals surface area contributed by atoms with Crippen molar-refractivity contribution < 1.29 is 31.9 Å². The first-order chi connectivity index (χ1) is 16.4. The summed E-state index contributed by atoms with van der Waals surface area (Å²) in [7, 11) is 0. The number of benzene rings is 1. The van der Waals surface area contributed by atoms with Crippen LogP contribution in [0, 0.1) is 11.7 Å². The predicted molar refractivity (Wildman–Crippen MR) is 110 cm³/mol. The van der Waals surface area contributed by atoms with E-state index < -0.39 is 41.6 Å². The van der Waals surface area contributed by atoms with Crippen LogP contribution in [-0.4, -0.2) is 39.3 Å². The van der Waals surface area contributed by atoms with Gasteiger partial charge in [0, 0.05) is 17.9 Å². The van der Waals surface area contributed by atoms with Crippen LogP contribution in [0.25, 0.3) is 0 Å². The van der Waals surface area contributed by atoms with Gasteiger partial charge in [-0.2, -0.15) is 0 Å². The van der Waals surface area contributed by atoms with Gasteiger partial charge >= 0.3 is 0 Å². The maximum atomic E-state index is 14.7. The van der Waals surface area contributed by atoms with Crippen molar-refractivity contribution in [3.8, 4) is 5.88 Å². The maximum absolute atomic E-state index is 14.7. The zero-order valence-corrected chi connectivity index (χ0v) is 17.5. The molecule has 0 radical (unpaired) electrons. The molecule has 1 fully saturated rings. The number of hydrogen-bond donors (Lipinski definition) is 1. The molecule has 1 saturated carbocycles. The number of fused-ring (bicyclic) bond motifs is 1. The second kappa shape index (κ2) is 8.43. The van der Waals surface area contributed by atoms with Crippen LogP contribution in [0.3, 0.4) is 0 Å². The Hall–Kier alpha value is -3.96. The molecule has 1 aliphatic carbocycles. The number of nitrogens with zero attached hydrogens (tertiary/aromatic N) is 4. The quantitative estimate of drug-likeness (QED) is 0.495. The Kier molecular flexibility index (Phi) is 5.42. The van der Waals surface area contributed by atoms with E-state index in [4.69, 9.17) is 19.6 Å². The highest BCUT2D eigenvalue weighted by atomic mass is 19.3. The van der Waals surface area contributed by atoms with Crippen molar-refractivity contribution in [3.63, 3.8) is 0 Å². The molecule has 0 amide bonds. The maximum Gasteiger partial charge on any atom is 0.283 e. The van der Waals surface area contributed by atoms with E-state index in [1.54, 1.807) is 0 Å². The van der Waals surface area contributed by atoms with Crippen LogP contribution >= 0.6 is 0 Å². The zero-order valence-electron chi connectivity index (χ0n) is 17.5. The van der Waals surface area contributed by atoms with E-state index in [0.29, 0.717) is 11.3 Å². The Morgan fingerprint density at radius 2 is 2.12 bits per heavy atom. The molecule has 1 aromatic carbocycles. The third-order valence-corrected chi connectivity index (χ3v) is 5.79. The summed E-state index contributed by atoms with van der Waals surface area (Å²) in [5, 5.41) is 0. The minimum atomic E-state index is -3.01. The number of Topliss-reactive ketones (excluding diaryl/α,β-unsaturated/α-hetero) is 1. The van der Waals surface area contributed by atoms with Crippen molar-refractivity contribution in [2.45, 2.75) is 37.5 Å². The standard InChI is InChI=1S/C22H18F3N5O4/c23-15-2-1-11(3-13(15)22(20(24)25)14-5-18(14)34-21(26)30-22)4-17(31)16-6-28-19(7-27-16)33-9-12-8-32-10-29-12/h1-3,6-8,10,14,18,20H,4-5,9H2,(H2,26,30)/t14-,18+,22+/m0/s1. The SMILES string of the molecule is NC1=N[C@@](c2cc(CC(=O)c3cnc(OCc4cocn4)cn3)ccc2F)(C(F)F)[C@H]2C[C@H]2O1. The first kappa shape index (κ1) is 21.9. The van der Waals surface area contributed by atoms with Crippen molar-refractivity contribution >= 4 is 11.8 Å². The van der Waals surface area contributed by atoms with Crippen molar-refractivity contribution in [3.05, 3.63) is 71.6 Å². The van der Waals surface area contributed by atoms with Crippen LogP contribution in [0.5, 0.6) is 5.88 Å². The summed E-state index contributed by atoms with van der Waals surface area (Å²) in [6.07, 6.45) is 1.75. The molecule has 12 heteroatoms. The van der Waals surface area contributed by atoms with Gasteiger partial charge < -0.3 is 19.6 Å². The number of amidine groups is 1. The first-order valence-electron chi connectivity index (χ1n) is 10.3. The van der Waals surface area contributed by atoms with Gasteiger partial charge in [-0.15, -0.1) is 0 Å². The largest absolute Gasteiger partial charge is 0.470 e. The first-order valence-corrected chi connectivity index (χ1v) is 10.3. The highest BCUT2D eigenvalue weighted by Crippen LogP contribution is 2.56. The lowest BCUT2D eigenvalue weighted by Gasteiger charge is -2.33. The molecule has 34 heavy (non-hydrogen) atoms. The lowest BCUT2D eigenvalue weighted by atomic mass is 9.83. The molecule has 3 aromatic rings. The van der Waals surface area contributed by atoms with Crippen LogP contribution in [0.4, 0.5) is 13.2 Å². The van der Waals surface area contributed by atoms with Crippen molar-refractivity contribution in [2.24, 2.45) is 16.6 Å². The van der Waals surface area contributed by atoms with Crippen LogP contribution in [-0.2, 0) is 23.3 Å². The number of alkyl halides is 2. The Morgan fingerprint density at radius 3 is 2.82 bits per heavy atom. The average Bonchev–Trinajstić information content (AvgIpc) is 3.41. The number of ether oxygens (including phenoxy) is 2. The van der Waals surface area contributed by atoms with Gasteiger partial charge in [-0.05, 0) is 24.1 Å². The Morgan fingerprint density at radius 1 is 1.26 bits per heavy atom. The second-order valence-electron chi connectivity index (χ2n) is 8.00. The van der Waals surface area contributed by atoms with Gasteiger partial charge in [0.1, 0.15) is 36.2 Å². The van der Waals surface area contributed by atoms with Crippen molar-refractivity contribution in [1.82, 2.24) is 15.0 Å². The summed E-state index contributed by atoms with van der Waals surface area (Å²) in [4.78, 5) is 28.5. The lowest BCUT2D eigenvalue weighted by Crippen LogP contribution is -2.43. The lowest BCUT2D eigenvalue weighted by molar-refractivity contribution is 0.0176. The molecule has 176 valence electrons. The molecular formula is C22H18F3N5O4. The molecule has 3 atom stereocenters. The summed E-state index contributed by atoms with van der Waals surface area (Å²) in [6, 6.07) is 3.24.